The van der Waals surface area contributed by atoms with E-state index in [4.69, 9.17) is 0 Å². The van der Waals surface area contributed by atoms with Crippen molar-refractivity contribution < 1.29 is 4.79 Å². The molecule has 0 spiro atoms. The van der Waals surface area contributed by atoms with Gasteiger partial charge in [0.05, 0.1) is 0 Å². The van der Waals surface area contributed by atoms with Crippen LogP contribution < -0.4 is 0 Å². The molecule has 0 amide bonds. The summed E-state index contributed by atoms with van der Waals surface area (Å²) in [5, 5.41) is 2.48. The van der Waals surface area contributed by atoms with Gasteiger partial charge in [-0.05, 0) is 53.3 Å². The fourth-order valence-corrected chi connectivity index (χ4v) is 2.55. The van der Waals surface area contributed by atoms with E-state index in [0.717, 1.165) is 36.8 Å². The maximum Gasteiger partial charge on any atom is 0.158 e. The number of benzene rings is 2. The van der Waals surface area contributed by atoms with Crippen molar-refractivity contribution in [3.63, 3.8) is 0 Å². The molecule has 0 saturated heterocycles. The van der Waals surface area contributed by atoms with Crippen molar-refractivity contribution in [3.8, 4) is 0 Å². The lowest BCUT2D eigenvalue weighted by Crippen LogP contribution is -2.07. The van der Waals surface area contributed by atoms with Crippen LogP contribution in [0.4, 0.5) is 0 Å². The molecule has 90 valence electrons. The zero-order chi connectivity index (χ0) is 12.4. The summed E-state index contributed by atoms with van der Waals surface area (Å²) in [5.74, 6) is 0.328. The van der Waals surface area contributed by atoms with Gasteiger partial charge in [-0.25, -0.2) is 0 Å². The second kappa shape index (κ2) is 4.77. The molecular weight excluding hydrogens is 220 g/mol. The molecule has 3 rings (SSSR count). The summed E-state index contributed by atoms with van der Waals surface area (Å²) >= 11 is 0. The minimum Gasteiger partial charge on any atom is -0.295 e. The molecular formula is C17H16O. The Hall–Kier alpha value is -1.89. The number of hydrogen-bond acceptors (Lipinski definition) is 1. The standard InChI is InChI=1S/C17H16O/c18-17-8-4-3-7-16(17)12-13-9-10-14-5-1-2-6-15(14)11-13/h1-2,5-6,9-12H,3-4,7-8H2. The van der Waals surface area contributed by atoms with Gasteiger partial charge in [0, 0.05) is 6.42 Å². The summed E-state index contributed by atoms with van der Waals surface area (Å²) in [5.41, 5.74) is 2.13. The van der Waals surface area contributed by atoms with E-state index in [2.05, 4.69) is 36.4 Å². The fraction of sp³-hybridized carbons (Fsp3) is 0.235. The van der Waals surface area contributed by atoms with E-state index < -0.39 is 0 Å². The van der Waals surface area contributed by atoms with Crippen molar-refractivity contribution in [2.24, 2.45) is 0 Å². The van der Waals surface area contributed by atoms with Crippen molar-refractivity contribution in [3.05, 3.63) is 53.6 Å². The van der Waals surface area contributed by atoms with Crippen molar-refractivity contribution in [1.29, 1.82) is 0 Å². The Balaban J connectivity index is 1.99. The highest BCUT2D eigenvalue weighted by Crippen LogP contribution is 2.23. The predicted molar refractivity (Wildman–Crippen MR) is 75.4 cm³/mol. The van der Waals surface area contributed by atoms with Crippen LogP contribution in [-0.2, 0) is 4.79 Å². The molecule has 0 bridgehead atoms. The Morgan fingerprint density at radius 2 is 1.67 bits per heavy atom. The summed E-state index contributed by atoms with van der Waals surface area (Å²) in [6.07, 6.45) is 5.91. The Morgan fingerprint density at radius 1 is 0.889 bits per heavy atom. The molecule has 0 N–H and O–H groups in total. The van der Waals surface area contributed by atoms with Gasteiger partial charge in [0.2, 0.25) is 0 Å². The first kappa shape index (κ1) is 11.2. The summed E-state index contributed by atoms with van der Waals surface area (Å²) in [4.78, 5) is 11.8. The Bertz CT molecular complexity index is 622. The Morgan fingerprint density at radius 3 is 2.50 bits per heavy atom. The largest absolute Gasteiger partial charge is 0.295 e. The third-order valence-electron chi connectivity index (χ3n) is 3.57. The van der Waals surface area contributed by atoms with Gasteiger partial charge in [0.25, 0.3) is 0 Å². The number of rotatable bonds is 1. The van der Waals surface area contributed by atoms with Crippen LogP contribution in [0.2, 0.25) is 0 Å². The molecule has 1 aliphatic rings. The van der Waals surface area contributed by atoms with E-state index in [1.165, 1.54) is 10.8 Å². The molecule has 1 heteroatoms. The first-order valence-electron chi connectivity index (χ1n) is 6.55. The molecule has 0 radical (unpaired) electrons. The molecule has 0 aromatic heterocycles. The van der Waals surface area contributed by atoms with E-state index in [-0.39, 0.29) is 0 Å². The van der Waals surface area contributed by atoms with E-state index in [9.17, 15) is 4.79 Å². The maximum absolute atomic E-state index is 11.8. The first-order valence-corrected chi connectivity index (χ1v) is 6.55. The topological polar surface area (TPSA) is 17.1 Å². The summed E-state index contributed by atoms with van der Waals surface area (Å²) < 4.78 is 0. The highest BCUT2D eigenvalue weighted by Gasteiger charge is 2.14. The summed E-state index contributed by atoms with van der Waals surface area (Å²) in [6, 6.07) is 14.7. The molecule has 1 fully saturated rings. The maximum atomic E-state index is 11.8. The van der Waals surface area contributed by atoms with Crippen LogP contribution in [0, 0.1) is 0 Å². The van der Waals surface area contributed by atoms with Gasteiger partial charge in [0.1, 0.15) is 0 Å². The second-order valence-electron chi connectivity index (χ2n) is 4.91. The smallest absolute Gasteiger partial charge is 0.158 e. The lowest BCUT2D eigenvalue weighted by Gasteiger charge is -2.12. The average Bonchev–Trinajstić information content (AvgIpc) is 2.41. The molecule has 0 unspecified atom stereocenters. The van der Waals surface area contributed by atoms with E-state index in [1.807, 2.05) is 12.1 Å². The Kier molecular flexibility index (Phi) is 2.97. The van der Waals surface area contributed by atoms with Gasteiger partial charge in [-0.15, -0.1) is 0 Å². The Labute approximate surface area is 107 Å². The van der Waals surface area contributed by atoms with Crippen LogP contribution in [0.25, 0.3) is 16.8 Å². The van der Waals surface area contributed by atoms with Crippen LogP contribution in [0.1, 0.15) is 31.2 Å². The highest BCUT2D eigenvalue weighted by atomic mass is 16.1. The molecule has 1 saturated carbocycles. The summed E-state index contributed by atoms with van der Waals surface area (Å²) in [6.45, 7) is 0. The van der Waals surface area contributed by atoms with Crippen molar-refractivity contribution in [2.75, 3.05) is 0 Å². The van der Waals surface area contributed by atoms with E-state index in [0.29, 0.717) is 5.78 Å². The average molecular weight is 236 g/mol. The van der Waals surface area contributed by atoms with Crippen LogP contribution >= 0.6 is 0 Å². The van der Waals surface area contributed by atoms with Gasteiger partial charge in [-0.3, -0.25) is 4.79 Å². The second-order valence-corrected chi connectivity index (χ2v) is 4.91. The zero-order valence-corrected chi connectivity index (χ0v) is 10.4. The van der Waals surface area contributed by atoms with Gasteiger partial charge in [0.15, 0.2) is 5.78 Å². The van der Waals surface area contributed by atoms with Gasteiger partial charge in [-0.2, -0.15) is 0 Å². The number of allylic oxidation sites excluding steroid dienone is 1. The SMILES string of the molecule is O=C1CCCCC1=Cc1ccc2ccccc2c1. The minimum absolute atomic E-state index is 0.328. The van der Waals surface area contributed by atoms with Gasteiger partial charge in [-0.1, -0.05) is 36.4 Å². The molecule has 0 aliphatic heterocycles. The molecule has 18 heavy (non-hydrogen) atoms. The van der Waals surface area contributed by atoms with Gasteiger partial charge < -0.3 is 0 Å². The first-order chi connectivity index (χ1) is 8.83. The fourth-order valence-electron chi connectivity index (χ4n) is 2.55. The quantitative estimate of drug-likeness (QED) is 0.672. The number of hydrogen-bond donors (Lipinski definition) is 0. The normalized spacial score (nSPS) is 18.4. The molecule has 1 nitrogen and oxygen atoms in total. The molecule has 1 aliphatic carbocycles. The zero-order valence-electron chi connectivity index (χ0n) is 10.4. The number of ketones is 1. The van der Waals surface area contributed by atoms with E-state index >= 15 is 0 Å². The number of Topliss-reactive ketones (excluding diaryl/α,β-unsaturated/α-hetero) is 1. The lowest BCUT2D eigenvalue weighted by atomic mass is 9.92. The van der Waals surface area contributed by atoms with Gasteiger partial charge >= 0.3 is 0 Å². The lowest BCUT2D eigenvalue weighted by molar-refractivity contribution is -0.116. The molecule has 2 aromatic carbocycles. The summed E-state index contributed by atoms with van der Waals surface area (Å²) in [7, 11) is 0. The van der Waals surface area contributed by atoms with Crippen LogP contribution in [0.15, 0.2) is 48.0 Å². The van der Waals surface area contributed by atoms with Crippen molar-refractivity contribution >= 4 is 22.6 Å². The third-order valence-corrected chi connectivity index (χ3v) is 3.57. The van der Waals surface area contributed by atoms with Crippen LogP contribution in [0.5, 0.6) is 0 Å². The molecule has 0 atom stereocenters. The number of carbonyl (C=O) groups is 1. The van der Waals surface area contributed by atoms with Crippen molar-refractivity contribution in [1.82, 2.24) is 0 Å². The minimum atomic E-state index is 0.328. The van der Waals surface area contributed by atoms with Crippen molar-refractivity contribution in [2.45, 2.75) is 25.7 Å². The number of carbonyl (C=O) groups excluding carboxylic acids is 1. The van der Waals surface area contributed by atoms with Crippen LogP contribution in [0.3, 0.4) is 0 Å². The highest BCUT2D eigenvalue weighted by molar-refractivity contribution is 6.00. The monoisotopic (exact) mass is 236 g/mol. The molecule has 2 aromatic rings. The molecule has 0 heterocycles. The van der Waals surface area contributed by atoms with E-state index in [1.54, 1.807) is 0 Å². The third kappa shape index (κ3) is 2.21. The van der Waals surface area contributed by atoms with Crippen LogP contribution in [-0.4, -0.2) is 5.78 Å². The number of fused-ring (bicyclic) bond motifs is 1. The predicted octanol–water partition coefficient (Wildman–Crippen LogP) is 4.37.